The third kappa shape index (κ3) is 5.90. The van der Waals surface area contributed by atoms with Gasteiger partial charge in [0.15, 0.2) is 0 Å². The lowest BCUT2D eigenvalue weighted by Gasteiger charge is -2.30. The summed E-state index contributed by atoms with van der Waals surface area (Å²) in [7, 11) is 0. The van der Waals surface area contributed by atoms with Gasteiger partial charge in [0.1, 0.15) is 0 Å². The smallest absolute Gasteiger partial charge is 0.0582 e. The number of dihydropyridines is 2. The Balaban J connectivity index is 1.75. The van der Waals surface area contributed by atoms with Gasteiger partial charge >= 0.3 is 0 Å². The van der Waals surface area contributed by atoms with Gasteiger partial charge in [0.05, 0.1) is 12.1 Å². The minimum absolute atomic E-state index is 0.443. The number of rotatable bonds is 10. The van der Waals surface area contributed by atoms with E-state index in [-0.39, 0.29) is 0 Å². The summed E-state index contributed by atoms with van der Waals surface area (Å²) in [4.78, 5) is 9.47. The van der Waals surface area contributed by atoms with Crippen molar-refractivity contribution in [3.05, 3.63) is 24.3 Å². The molecule has 122 valence electrons. The molecule has 0 aliphatic carbocycles. The number of nitrogens with zero attached hydrogens (tertiary/aromatic N) is 2. The maximum atomic E-state index is 4.73. The molecule has 0 radical (unpaired) electrons. The maximum absolute atomic E-state index is 4.73. The molecule has 2 rings (SSSR count). The van der Waals surface area contributed by atoms with Gasteiger partial charge in [0.25, 0.3) is 0 Å². The van der Waals surface area contributed by atoms with E-state index in [0.717, 1.165) is 12.8 Å². The number of hydrogen-bond donors (Lipinski definition) is 0. The van der Waals surface area contributed by atoms with Crippen LogP contribution in [0, 0.1) is 5.92 Å². The minimum Gasteiger partial charge on any atom is -0.289 e. The summed E-state index contributed by atoms with van der Waals surface area (Å²) >= 11 is 0. The van der Waals surface area contributed by atoms with Crippen LogP contribution >= 0.6 is 0 Å². The van der Waals surface area contributed by atoms with Crippen LogP contribution in [0.3, 0.4) is 0 Å². The molecule has 2 nitrogen and oxygen atoms in total. The van der Waals surface area contributed by atoms with Crippen molar-refractivity contribution in [2.45, 2.75) is 83.2 Å². The van der Waals surface area contributed by atoms with Gasteiger partial charge in [-0.3, -0.25) is 9.98 Å². The fraction of sp³-hybridized carbons (Fsp3) is 0.700. The van der Waals surface area contributed by atoms with Crippen LogP contribution in [0.5, 0.6) is 0 Å². The molecule has 2 atom stereocenters. The van der Waals surface area contributed by atoms with Gasteiger partial charge in [-0.2, -0.15) is 0 Å². The molecule has 0 aromatic rings. The van der Waals surface area contributed by atoms with Crippen LogP contribution < -0.4 is 0 Å². The first-order chi connectivity index (χ1) is 10.9. The van der Waals surface area contributed by atoms with E-state index in [4.69, 9.17) is 9.98 Å². The molecule has 0 saturated carbocycles. The molecule has 2 unspecified atom stereocenters. The van der Waals surface area contributed by atoms with Crippen molar-refractivity contribution in [3.63, 3.8) is 0 Å². The van der Waals surface area contributed by atoms with Gasteiger partial charge in [0.2, 0.25) is 0 Å². The van der Waals surface area contributed by atoms with Crippen LogP contribution in [0.25, 0.3) is 0 Å². The largest absolute Gasteiger partial charge is 0.289 e. The predicted octanol–water partition coefficient (Wildman–Crippen LogP) is 5.54. The summed E-state index contributed by atoms with van der Waals surface area (Å²) < 4.78 is 0. The second-order valence-corrected chi connectivity index (χ2v) is 6.63. The van der Waals surface area contributed by atoms with Crippen LogP contribution in [0.15, 0.2) is 34.3 Å². The van der Waals surface area contributed by atoms with Crippen LogP contribution in [-0.2, 0) is 0 Å². The molecule has 0 spiro atoms. The maximum Gasteiger partial charge on any atom is 0.0582 e. The Morgan fingerprint density at radius 2 is 1.36 bits per heavy atom. The first kappa shape index (κ1) is 17.2. The van der Waals surface area contributed by atoms with Crippen molar-refractivity contribution in [3.8, 4) is 0 Å². The lowest BCUT2D eigenvalue weighted by molar-refractivity contribution is 0.319. The quantitative estimate of drug-likeness (QED) is 0.473. The molecule has 0 N–H and O–H groups in total. The molecule has 2 heterocycles. The molecule has 0 bridgehead atoms. The Labute approximate surface area is 136 Å². The van der Waals surface area contributed by atoms with Crippen molar-refractivity contribution in [1.29, 1.82) is 0 Å². The van der Waals surface area contributed by atoms with Crippen molar-refractivity contribution in [1.82, 2.24) is 0 Å². The number of hydrogen-bond acceptors (Lipinski definition) is 2. The zero-order valence-corrected chi connectivity index (χ0v) is 14.2. The summed E-state index contributed by atoms with van der Waals surface area (Å²) in [5.41, 5.74) is 0. The standard InChI is InChI=1S/C20H32N2/c1-2-3-4-5-6-7-8-13-18(19-14-9-11-16-21-19)20-15-10-12-17-22-20/h9-12,16-20H,2-8,13-15H2,1H3. The Morgan fingerprint density at radius 3 is 1.86 bits per heavy atom. The highest BCUT2D eigenvalue weighted by Crippen LogP contribution is 2.29. The molecule has 0 saturated heterocycles. The van der Waals surface area contributed by atoms with E-state index in [9.17, 15) is 0 Å². The van der Waals surface area contributed by atoms with E-state index in [1.54, 1.807) is 0 Å². The van der Waals surface area contributed by atoms with E-state index >= 15 is 0 Å². The summed E-state index contributed by atoms with van der Waals surface area (Å²) in [6, 6.07) is 0.887. The minimum atomic E-state index is 0.443. The van der Waals surface area contributed by atoms with Gasteiger partial charge in [-0.1, -0.05) is 64.0 Å². The van der Waals surface area contributed by atoms with Gasteiger partial charge in [0, 0.05) is 18.3 Å². The van der Waals surface area contributed by atoms with E-state index in [2.05, 4.69) is 31.2 Å². The Morgan fingerprint density at radius 1 is 0.818 bits per heavy atom. The fourth-order valence-corrected chi connectivity index (χ4v) is 3.55. The monoisotopic (exact) mass is 300 g/mol. The molecule has 0 aromatic carbocycles. The van der Waals surface area contributed by atoms with Crippen LogP contribution in [0.1, 0.15) is 71.1 Å². The second-order valence-electron chi connectivity index (χ2n) is 6.63. The molecule has 2 aliphatic rings. The van der Waals surface area contributed by atoms with Crippen molar-refractivity contribution >= 4 is 12.4 Å². The summed E-state index contributed by atoms with van der Waals surface area (Å²) in [5, 5.41) is 0. The zero-order valence-electron chi connectivity index (χ0n) is 14.2. The highest BCUT2D eigenvalue weighted by Gasteiger charge is 2.28. The third-order valence-electron chi connectivity index (χ3n) is 4.88. The third-order valence-corrected chi connectivity index (χ3v) is 4.88. The number of unbranched alkanes of at least 4 members (excludes halogenated alkanes) is 6. The molecule has 0 fully saturated rings. The topological polar surface area (TPSA) is 24.7 Å². The molecule has 0 aromatic heterocycles. The average molecular weight is 300 g/mol. The van der Waals surface area contributed by atoms with Crippen molar-refractivity contribution < 1.29 is 0 Å². The van der Waals surface area contributed by atoms with Crippen LogP contribution in [0.2, 0.25) is 0 Å². The van der Waals surface area contributed by atoms with E-state index in [0.29, 0.717) is 18.0 Å². The van der Waals surface area contributed by atoms with E-state index in [1.807, 2.05) is 12.4 Å². The predicted molar refractivity (Wildman–Crippen MR) is 98.2 cm³/mol. The summed E-state index contributed by atoms with van der Waals surface area (Å²) in [6.07, 6.45) is 25.8. The SMILES string of the molecule is CCCCCCCCCC(C1CC=CC=N1)C1CC=CC=N1. The second kappa shape index (κ2) is 10.5. The van der Waals surface area contributed by atoms with Gasteiger partial charge in [-0.25, -0.2) is 0 Å². The number of allylic oxidation sites excluding steroid dienone is 2. The first-order valence-corrected chi connectivity index (χ1v) is 9.28. The van der Waals surface area contributed by atoms with Gasteiger partial charge < -0.3 is 0 Å². The Bertz CT molecular complexity index is 376. The normalized spacial score (nSPS) is 24.8. The summed E-state index contributed by atoms with van der Waals surface area (Å²) in [6.45, 7) is 2.28. The molecule has 0 amide bonds. The van der Waals surface area contributed by atoms with Gasteiger partial charge in [-0.15, -0.1) is 0 Å². The van der Waals surface area contributed by atoms with E-state index in [1.165, 1.54) is 51.4 Å². The lowest BCUT2D eigenvalue weighted by Crippen LogP contribution is -2.31. The van der Waals surface area contributed by atoms with Crippen LogP contribution in [0.4, 0.5) is 0 Å². The lowest BCUT2D eigenvalue weighted by atomic mass is 9.83. The average Bonchev–Trinajstić information content (AvgIpc) is 2.59. The molecule has 22 heavy (non-hydrogen) atoms. The number of aliphatic imine (C=N–C) groups is 2. The highest BCUT2D eigenvalue weighted by atomic mass is 14.9. The van der Waals surface area contributed by atoms with Crippen molar-refractivity contribution in [2.24, 2.45) is 15.9 Å². The first-order valence-electron chi connectivity index (χ1n) is 9.28. The van der Waals surface area contributed by atoms with Crippen molar-refractivity contribution in [2.75, 3.05) is 0 Å². The van der Waals surface area contributed by atoms with E-state index < -0.39 is 0 Å². The molecule has 2 heteroatoms. The summed E-state index contributed by atoms with van der Waals surface area (Å²) in [5.74, 6) is 0.609. The molecular formula is C20H32N2. The van der Waals surface area contributed by atoms with Gasteiger partial charge in [-0.05, 0) is 31.4 Å². The highest BCUT2D eigenvalue weighted by molar-refractivity contribution is 5.73. The Kier molecular flexibility index (Phi) is 8.22. The fourth-order valence-electron chi connectivity index (χ4n) is 3.55. The zero-order chi connectivity index (χ0) is 15.5. The van der Waals surface area contributed by atoms with Crippen LogP contribution in [-0.4, -0.2) is 24.5 Å². The molecule has 2 aliphatic heterocycles. The Hall–Kier alpha value is -1.18. The molecular weight excluding hydrogens is 268 g/mol.